The van der Waals surface area contributed by atoms with Crippen LogP contribution in [-0.2, 0) is 9.59 Å². The van der Waals surface area contributed by atoms with E-state index in [1.165, 1.54) is 18.0 Å². The molecule has 1 aliphatic rings. The normalized spacial score (nSPS) is 13.0. The summed E-state index contributed by atoms with van der Waals surface area (Å²) in [7, 11) is 0. The van der Waals surface area contributed by atoms with Crippen LogP contribution in [0.1, 0.15) is 23.7 Å². The van der Waals surface area contributed by atoms with E-state index >= 15 is 0 Å². The molecule has 1 aromatic carbocycles. The zero-order chi connectivity index (χ0) is 18.7. The molecule has 8 heteroatoms. The number of ether oxygens (including phenoxy) is 1. The van der Waals surface area contributed by atoms with Crippen molar-refractivity contribution in [2.24, 2.45) is 0 Å². The number of pyridine rings is 1. The van der Waals surface area contributed by atoms with E-state index in [0.717, 1.165) is 0 Å². The van der Waals surface area contributed by atoms with Gasteiger partial charge in [0.25, 0.3) is 5.91 Å². The van der Waals surface area contributed by atoms with E-state index in [9.17, 15) is 14.4 Å². The van der Waals surface area contributed by atoms with E-state index < -0.39 is 0 Å². The molecule has 0 saturated heterocycles. The molecule has 7 nitrogen and oxygen atoms in total. The third-order valence-corrected chi connectivity index (χ3v) is 4.21. The Morgan fingerprint density at radius 2 is 2.15 bits per heavy atom. The number of fused-ring (bicyclic) bond motifs is 1. The van der Waals surface area contributed by atoms with Gasteiger partial charge in [-0.3, -0.25) is 14.4 Å². The molecular weight excluding hydrogens is 358 g/mol. The van der Waals surface area contributed by atoms with Crippen LogP contribution in [0.15, 0.2) is 36.5 Å². The van der Waals surface area contributed by atoms with E-state index in [2.05, 4.69) is 10.3 Å². The van der Waals surface area contributed by atoms with Crippen molar-refractivity contribution in [2.45, 2.75) is 13.3 Å². The number of benzene rings is 1. The summed E-state index contributed by atoms with van der Waals surface area (Å²) in [6.07, 6.45) is 1.58. The lowest BCUT2D eigenvalue weighted by Gasteiger charge is -2.29. The molecule has 2 amide bonds. The number of aromatic nitrogens is 1. The third kappa shape index (κ3) is 3.83. The Balaban J connectivity index is 1.73. The van der Waals surface area contributed by atoms with Gasteiger partial charge >= 0.3 is 0 Å². The molecule has 134 valence electrons. The van der Waals surface area contributed by atoms with Gasteiger partial charge in [0, 0.05) is 24.7 Å². The van der Waals surface area contributed by atoms with Gasteiger partial charge in [-0.2, -0.15) is 0 Å². The Kier molecular flexibility index (Phi) is 5.18. The zero-order valence-electron chi connectivity index (χ0n) is 14.0. The van der Waals surface area contributed by atoms with Gasteiger partial charge in [-0.05, 0) is 37.3 Å². The number of nitrogens with zero attached hydrogens (tertiary/aromatic N) is 2. The smallest absolute Gasteiger partial charge is 0.265 e. The Hall–Kier alpha value is -2.93. The van der Waals surface area contributed by atoms with Crippen molar-refractivity contribution >= 4 is 40.6 Å². The van der Waals surface area contributed by atoms with Gasteiger partial charge in [-0.25, -0.2) is 4.98 Å². The van der Waals surface area contributed by atoms with Crippen molar-refractivity contribution in [3.05, 3.63) is 47.2 Å². The molecule has 2 aromatic rings. The van der Waals surface area contributed by atoms with E-state index in [-0.39, 0.29) is 42.3 Å². The number of Topliss-reactive ketones (excluding diaryl/α,β-unsaturated/α-hetero) is 1. The van der Waals surface area contributed by atoms with Crippen LogP contribution in [0.25, 0.3) is 0 Å². The number of halogens is 1. The van der Waals surface area contributed by atoms with Crippen LogP contribution < -0.4 is 15.0 Å². The van der Waals surface area contributed by atoms with Gasteiger partial charge in [0.2, 0.25) is 5.91 Å². The maximum absolute atomic E-state index is 12.2. The van der Waals surface area contributed by atoms with Crippen LogP contribution >= 0.6 is 11.6 Å². The molecule has 0 fully saturated rings. The summed E-state index contributed by atoms with van der Waals surface area (Å²) in [6, 6.07) is 8.20. The van der Waals surface area contributed by atoms with Crippen molar-refractivity contribution in [2.75, 3.05) is 23.4 Å². The van der Waals surface area contributed by atoms with E-state index in [0.29, 0.717) is 22.7 Å². The monoisotopic (exact) mass is 373 g/mol. The fourth-order valence-electron chi connectivity index (χ4n) is 2.57. The largest absolute Gasteiger partial charge is 0.482 e. The first-order chi connectivity index (χ1) is 12.5. The number of ketones is 1. The lowest BCUT2D eigenvalue weighted by Crippen LogP contribution is -2.40. The molecule has 0 saturated carbocycles. The Morgan fingerprint density at radius 3 is 2.88 bits per heavy atom. The van der Waals surface area contributed by atoms with Crippen LogP contribution in [0, 0.1) is 0 Å². The molecule has 1 N–H and O–H groups in total. The van der Waals surface area contributed by atoms with Gasteiger partial charge in [-0.1, -0.05) is 11.6 Å². The molecule has 1 aliphatic heterocycles. The van der Waals surface area contributed by atoms with Crippen molar-refractivity contribution in [1.29, 1.82) is 0 Å². The number of hydrogen-bond acceptors (Lipinski definition) is 5. The first kappa shape index (κ1) is 17.9. The number of hydrogen-bond donors (Lipinski definition) is 1. The molecule has 3 rings (SSSR count). The summed E-state index contributed by atoms with van der Waals surface area (Å²) in [5.74, 6) is -0.186. The molecular formula is C18H16ClN3O4. The van der Waals surface area contributed by atoms with Crippen LogP contribution in [0.5, 0.6) is 5.75 Å². The van der Waals surface area contributed by atoms with E-state index in [1.54, 1.807) is 30.3 Å². The molecule has 26 heavy (non-hydrogen) atoms. The summed E-state index contributed by atoms with van der Waals surface area (Å²) >= 11 is 5.92. The molecule has 2 heterocycles. The first-order valence-electron chi connectivity index (χ1n) is 7.94. The van der Waals surface area contributed by atoms with Crippen molar-refractivity contribution in [3.8, 4) is 5.75 Å². The van der Waals surface area contributed by atoms with Crippen LogP contribution in [-0.4, -0.2) is 35.7 Å². The van der Waals surface area contributed by atoms with Gasteiger partial charge < -0.3 is 15.0 Å². The SMILES string of the molecule is CC(=O)c1ccc2c(c1)N(CCC(=O)Nc1cccnc1Cl)C(=O)CO2. The number of carbonyl (C=O) groups is 3. The minimum absolute atomic E-state index is 0.0563. The maximum atomic E-state index is 12.2. The standard InChI is InChI=1S/C18H16ClN3O4/c1-11(23)12-4-5-15-14(9-12)22(17(25)10-26-15)8-6-16(24)21-13-3-2-7-20-18(13)19/h2-5,7,9H,6,8,10H2,1H3,(H,21,24). The second-order valence-electron chi connectivity index (χ2n) is 5.71. The van der Waals surface area contributed by atoms with Gasteiger partial charge in [0.15, 0.2) is 17.5 Å². The topological polar surface area (TPSA) is 88.6 Å². The van der Waals surface area contributed by atoms with E-state index in [1.807, 2.05) is 0 Å². The number of amides is 2. The molecule has 0 radical (unpaired) electrons. The summed E-state index contributed by atoms with van der Waals surface area (Å²) in [6.45, 7) is 1.49. The molecule has 1 aromatic heterocycles. The second-order valence-corrected chi connectivity index (χ2v) is 6.07. The molecule has 0 atom stereocenters. The minimum Gasteiger partial charge on any atom is -0.482 e. The first-order valence-corrected chi connectivity index (χ1v) is 8.32. The van der Waals surface area contributed by atoms with Crippen molar-refractivity contribution in [3.63, 3.8) is 0 Å². The third-order valence-electron chi connectivity index (χ3n) is 3.90. The predicted octanol–water partition coefficient (Wildman–Crippen LogP) is 2.69. The molecule has 0 aliphatic carbocycles. The highest BCUT2D eigenvalue weighted by Crippen LogP contribution is 2.33. The van der Waals surface area contributed by atoms with Gasteiger partial charge in [0.05, 0.1) is 11.4 Å². The lowest BCUT2D eigenvalue weighted by atomic mass is 10.1. The summed E-state index contributed by atoms with van der Waals surface area (Å²) < 4.78 is 5.39. The van der Waals surface area contributed by atoms with Crippen LogP contribution in [0.4, 0.5) is 11.4 Å². The van der Waals surface area contributed by atoms with E-state index in [4.69, 9.17) is 16.3 Å². The highest BCUT2D eigenvalue weighted by Gasteiger charge is 2.26. The molecule has 0 bridgehead atoms. The number of carbonyl (C=O) groups excluding carboxylic acids is 3. The van der Waals surface area contributed by atoms with Crippen LogP contribution in [0.3, 0.4) is 0 Å². The average molecular weight is 374 g/mol. The molecule has 0 unspecified atom stereocenters. The van der Waals surface area contributed by atoms with Crippen molar-refractivity contribution < 1.29 is 19.1 Å². The van der Waals surface area contributed by atoms with Gasteiger partial charge in [0.1, 0.15) is 5.75 Å². The summed E-state index contributed by atoms with van der Waals surface area (Å²) in [5, 5.41) is 2.86. The lowest BCUT2D eigenvalue weighted by molar-refractivity contribution is -0.121. The maximum Gasteiger partial charge on any atom is 0.265 e. The quantitative estimate of drug-likeness (QED) is 0.643. The van der Waals surface area contributed by atoms with Crippen LogP contribution in [0.2, 0.25) is 5.15 Å². The predicted molar refractivity (Wildman–Crippen MR) is 96.8 cm³/mol. The highest BCUT2D eigenvalue weighted by molar-refractivity contribution is 6.32. The average Bonchev–Trinajstić information content (AvgIpc) is 2.62. The minimum atomic E-state index is -0.302. The van der Waals surface area contributed by atoms with Crippen molar-refractivity contribution in [1.82, 2.24) is 4.98 Å². The highest BCUT2D eigenvalue weighted by atomic mass is 35.5. The fourth-order valence-corrected chi connectivity index (χ4v) is 2.74. The Bertz CT molecular complexity index is 884. The second kappa shape index (κ2) is 7.53. The summed E-state index contributed by atoms with van der Waals surface area (Å²) in [4.78, 5) is 41.3. The Morgan fingerprint density at radius 1 is 1.35 bits per heavy atom. The number of anilines is 2. The van der Waals surface area contributed by atoms with Gasteiger partial charge in [-0.15, -0.1) is 0 Å². The zero-order valence-corrected chi connectivity index (χ0v) is 14.7. The number of nitrogens with one attached hydrogen (secondary N) is 1. The fraction of sp³-hybridized carbons (Fsp3) is 0.222. The molecule has 0 spiro atoms. The Labute approximate surface area is 154 Å². The summed E-state index contributed by atoms with van der Waals surface area (Å²) in [5.41, 5.74) is 1.37. The number of rotatable bonds is 5.